The first-order chi connectivity index (χ1) is 9.10. The van der Waals surface area contributed by atoms with Crippen LogP contribution in [0.4, 0.5) is 5.82 Å². The molecule has 5 nitrogen and oxygen atoms in total. The molecule has 19 heavy (non-hydrogen) atoms. The van der Waals surface area contributed by atoms with Crippen LogP contribution in [0, 0.1) is 5.92 Å². The Hall–Kier alpha value is -1.24. The van der Waals surface area contributed by atoms with Crippen molar-refractivity contribution < 1.29 is 0 Å². The lowest BCUT2D eigenvalue weighted by Crippen LogP contribution is -2.22. The van der Waals surface area contributed by atoms with Crippen molar-refractivity contribution in [3.05, 3.63) is 17.3 Å². The normalized spacial score (nSPS) is 11.7. The predicted octanol–water partition coefficient (Wildman–Crippen LogP) is 2.45. The first-order valence-electron chi connectivity index (χ1n) is 6.49. The third kappa shape index (κ3) is 3.62. The Morgan fingerprint density at radius 2 is 2.21 bits per heavy atom. The molecule has 0 radical (unpaired) electrons. The van der Waals surface area contributed by atoms with Gasteiger partial charge in [-0.25, -0.2) is 15.8 Å². The second kappa shape index (κ2) is 6.27. The van der Waals surface area contributed by atoms with Gasteiger partial charge >= 0.3 is 0 Å². The van der Waals surface area contributed by atoms with E-state index < -0.39 is 0 Å². The number of thiophene rings is 1. The second-order valence-corrected chi connectivity index (χ2v) is 6.09. The van der Waals surface area contributed by atoms with Crippen LogP contribution in [0.2, 0.25) is 0 Å². The lowest BCUT2D eigenvalue weighted by atomic mass is 10.1. The van der Waals surface area contributed by atoms with Gasteiger partial charge < -0.3 is 5.43 Å². The molecule has 6 heteroatoms. The van der Waals surface area contributed by atoms with E-state index in [9.17, 15) is 0 Å². The van der Waals surface area contributed by atoms with E-state index >= 15 is 0 Å². The largest absolute Gasteiger partial charge is 0.308 e. The molecule has 0 aromatic carbocycles. The maximum absolute atomic E-state index is 5.52. The average molecular weight is 279 g/mol. The number of hydrogen-bond donors (Lipinski definition) is 2. The number of aromatic nitrogens is 2. The minimum Gasteiger partial charge on any atom is -0.308 e. The number of rotatable bonds is 6. The topological polar surface area (TPSA) is 67.1 Å². The van der Waals surface area contributed by atoms with Crippen LogP contribution in [0.5, 0.6) is 0 Å². The van der Waals surface area contributed by atoms with Crippen molar-refractivity contribution >= 4 is 27.4 Å². The first kappa shape index (κ1) is 14.2. The summed E-state index contributed by atoms with van der Waals surface area (Å²) in [5.74, 6) is 7.76. The maximum Gasteiger partial charge on any atom is 0.152 e. The van der Waals surface area contributed by atoms with Gasteiger partial charge in [0.2, 0.25) is 0 Å². The van der Waals surface area contributed by atoms with E-state index in [0.29, 0.717) is 11.7 Å². The van der Waals surface area contributed by atoms with Gasteiger partial charge in [0.1, 0.15) is 10.7 Å². The van der Waals surface area contributed by atoms with Crippen LogP contribution in [0.1, 0.15) is 26.1 Å². The zero-order valence-electron chi connectivity index (χ0n) is 11.7. The Kier molecular flexibility index (Phi) is 4.68. The molecule has 0 saturated carbocycles. The fraction of sp³-hybridized carbons (Fsp3) is 0.538. The Bertz CT molecular complexity index is 537. The smallest absolute Gasteiger partial charge is 0.152 e. The molecular formula is C13H21N5S. The second-order valence-electron chi connectivity index (χ2n) is 5.19. The fourth-order valence-electron chi connectivity index (χ4n) is 1.88. The molecule has 2 aromatic rings. The summed E-state index contributed by atoms with van der Waals surface area (Å²) < 4.78 is 0. The van der Waals surface area contributed by atoms with E-state index in [1.54, 1.807) is 11.3 Å². The Morgan fingerprint density at radius 1 is 1.42 bits per heavy atom. The third-order valence-electron chi connectivity index (χ3n) is 3.01. The zero-order chi connectivity index (χ0) is 13.8. The zero-order valence-corrected chi connectivity index (χ0v) is 12.5. The van der Waals surface area contributed by atoms with Gasteiger partial charge in [-0.15, -0.1) is 11.3 Å². The molecule has 0 aliphatic heterocycles. The highest BCUT2D eigenvalue weighted by Gasteiger charge is 2.10. The van der Waals surface area contributed by atoms with Crippen LogP contribution >= 0.6 is 11.3 Å². The Labute approximate surface area is 117 Å². The highest BCUT2D eigenvalue weighted by Crippen LogP contribution is 2.24. The van der Waals surface area contributed by atoms with E-state index in [1.807, 2.05) is 11.4 Å². The summed E-state index contributed by atoms with van der Waals surface area (Å²) in [7, 11) is 2.10. The van der Waals surface area contributed by atoms with E-state index in [4.69, 9.17) is 5.84 Å². The van der Waals surface area contributed by atoms with E-state index in [-0.39, 0.29) is 0 Å². The summed E-state index contributed by atoms with van der Waals surface area (Å²) in [6.07, 6.45) is 1.18. The van der Waals surface area contributed by atoms with Crippen molar-refractivity contribution in [2.75, 3.05) is 19.0 Å². The summed E-state index contributed by atoms with van der Waals surface area (Å²) in [4.78, 5) is 12.3. The molecule has 104 valence electrons. The number of fused-ring (bicyclic) bond motifs is 1. The first-order valence-corrected chi connectivity index (χ1v) is 7.37. The van der Waals surface area contributed by atoms with Gasteiger partial charge in [0, 0.05) is 0 Å². The van der Waals surface area contributed by atoms with Gasteiger partial charge in [0.15, 0.2) is 5.82 Å². The van der Waals surface area contributed by atoms with E-state index in [2.05, 4.69) is 41.2 Å². The molecule has 0 amide bonds. The molecule has 2 rings (SSSR count). The minimum atomic E-state index is 0.707. The third-order valence-corrected chi connectivity index (χ3v) is 3.81. The van der Waals surface area contributed by atoms with Crippen LogP contribution in [-0.4, -0.2) is 28.5 Å². The van der Waals surface area contributed by atoms with Gasteiger partial charge in [-0.3, -0.25) is 4.90 Å². The number of anilines is 1. The van der Waals surface area contributed by atoms with Crippen LogP contribution in [0.3, 0.4) is 0 Å². The molecule has 0 aliphatic rings. The standard InChI is InChI=1S/C13H21N5S/c1-9(2)4-6-18(3)8-11-15-12(17-14)10-5-7-19-13(10)16-11/h5,7,9H,4,6,8,14H2,1-3H3,(H,15,16,17). The van der Waals surface area contributed by atoms with Gasteiger partial charge in [-0.1, -0.05) is 13.8 Å². The van der Waals surface area contributed by atoms with Crippen LogP contribution < -0.4 is 11.3 Å². The molecule has 2 heterocycles. The summed E-state index contributed by atoms with van der Waals surface area (Å²) in [6.45, 7) is 6.26. The lowest BCUT2D eigenvalue weighted by Gasteiger charge is -2.17. The van der Waals surface area contributed by atoms with Gasteiger partial charge in [0.25, 0.3) is 0 Å². The number of hydrogen-bond acceptors (Lipinski definition) is 6. The van der Waals surface area contributed by atoms with Gasteiger partial charge in [0.05, 0.1) is 11.9 Å². The molecule has 0 spiro atoms. The predicted molar refractivity (Wildman–Crippen MR) is 81.0 cm³/mol. The highest BCUT2D eigenvalue weighted by atomic mass is 32.1. The molecule has 0 bridgehead atoms. The van der Waals surface area contributed by atoms with E-state index in [1.165, 1.54) is 6.42 Å². The van der Waals surface area contributed by atoms with Gasteiger partial charge in [-0.05, 0) is 37.4 Å². The number of nitrogen functional groups attached to an aromatic ring is 1. The molecule has 2 aromatic heterocycles. The fourth-order valence-corrected chi connectivity index (χ4v) is 2.66. The molecule has 0 saturated heterocycles. The van der Waals surface area contributed by atoms with Crippen LogP contribution in [-0.2, 0) is 6.54 Å². The molecular weight excluding hydrogens is 258 g/mol. The van der Waals surface area contributed by atoms with Crippen molar-refractivity contribution in [1.82, 2.24) is 14.9 Å². The Balaban J connectivity index is 2.11. The quantitative estimate of drug-likeness (QED) is 0.628. The number of nitrogens with two attached hydrogens (primary N) is 1. The maximum atomic E-state index is 5.52. The number of nitrogens with one attached hydrogen (secondary N) is 1. The van der Waals surface area contributed by atoms with Crippen LogP contribution in [0.15, 0.2) is 11.4 Å². The molecule has 0 unspecified atom stereocenters. The van der Waals surface area contributed by atoms with Crippen molar-refractivity contribution in [2.24, 2.45) is 11.8 Å². The van der Waals surface area contributed by atoms with Crippen molar-refractivity contribution in [1.29, 1.82) is 0 Å². The summed E-state index contributed by atoms with van der Waals surface area (Å²) >= 11 is 1.61. The molecule has 0 aliphatic carbocycles. The Morgan fingerprint density at radius 3 is 2.89 bits per heavy atom. The van der Waals surface area contributed by atoms with E-state index in [0.717, 1.165) is 29.1 Å². The number of nitrogens with zero attached hydrogens (tertiary/aromatic N) is 3. The summed E-state index contributed by atoms with van der Waals surface area (Å²) in [6, 6.07) is 1.99. The van der Waals surface area contributed by atoms with Crippen molar-refractivity contribution in [2.45, 2.75) is 26.8 Å². The SMILES string of the molecule is CC(C)CCN(C)Cc1nc(NN)c2ccsc2n1. The molecule has 0 fully saturated rings. The molecule has 3 N–H and O–H groups in total. The average Bonchev–Trinajstić information content (AvgIpc) is 2.83. The summed E-state index contributed by atoms with van der Waals surface area (Å²) in [5.41, 5.74) is 2.66. The lowest BCUT2D eigenvalue weighted by molar-refractivity contribution is 0.297. The van der Waals surface area contributed by atoms with Crippen molar-refractivity contribution in [3.8, 4) is 0 Å². The molecule has 0 atom stereocenters. The monoisotopic (exact) mass is 279 g/mol. The summed E-state index contributed by atoms with van der Waals surface area (Å²) in [5, 5.41) is 2.99. The van der Waals surface area contributed by atoms with Crippen LogP contribution in [0.25, 0.3) is 10.2 Å². The number of hydrazine groups is 1. The van der Waals surface area contributed by atoms with Gasteiger partial charge in [-0.2, -0.15) is 0 Å². The highest BCUT2D eigenvalue weighted by molar-refractivity contribution is 7.16. The minimum absolute atomic E-state index is 0.707. The van der Waals surface area contributed by atoms with Crippen molar-refractivity contribution in [3.63, 3.8) is 0 Å².